The molecule has 20 heteroatoms. The highest BCUT2D eigenvalue weighted by Gasteiger charge is 2.49. The van der Waals surface area contributed by atoms with Crippen LogP contribution in [-0.2, 0) is 32.0 Å². The lowest BCUT2D eigenvalue weighted by molar-refractivity contribution is -0.256. The lowest BCUT2D eigenvalue weighted by Gasteiger charge is -2.44. The van der Waals surface area contributed by atoms with E-state index in [4.69, 9.17) is 14.0 Å². The summed E-state index contributed by atoms with van der Waals surface area (Å²) in [5.74, 6) is 0. The third kappa shape index (κ3) is 7.00. The van der Waals surface area contributed by atoms with Gasteiger partial charge in [0.25, 0.3) is 5.56 Å². The Balaban J connectivity index is 1.62. The molecular weight excluding hydrogens is 548 g/mol. The fourth-order valence-electron chi connectivity index (χ4n) is 3.91. The molecule has 3 rings (SSSR count). The van der Waals surface area contributed by atoms with Crippen LogP contribution in [0.15, 0.2) is 21.9 Å². The standard InChI is InChI=1S/C17H29N3O15P2/c1-7-11(22)10(19(2)3)13(24)16(32-7)34-37(29,30)35-36(27,28)31-6-8-12(23)14(25)15(33-8)20-5-4-9(21)18-17(20)26/h4-5,7-8,10-16,22-25H,6H2,1-3H3,(H,27,28)(H,29,30)(H,18,21,26). The van der Waals surface area contributed by atoms with E-state index in [-0.39, 0.29) is 0 Å². The molecule has 0 saturated carbocycles. The topological polar surface area (TPSA) is 260 Å². The molecule has 2 aliphatic heterocycles. The summed E-state index contributed by atoms with van der Waals surface area (Å²) in [6.07, 6.45) is -11.2. The zero-order valence-electron chi connectivity index (χ0n) is 19.7. The first-order valence-corrected chi connectivity index (χ1v) is 13.7. The van der Waals surface area contributed by atoms with Gasteiger partial charge in [0.2, 0.25) is 0 Å². The number of ether oxygens (including phenoxy) is 2. The molecule has 2 aliphatic rings. The minimum absolute atomic E-state index is 0.725. The van der Waals surface area contributed by atoms with E-state index in [0.717, 1.165) is 16.8 Å². The molecule has 2 saturated heterocycles. The average Bonchev–Trinajstić information content (AvgIpc) is 3.03. The second kappa shape index (κ2) is 11.4. The highest BCUT2D eigenvalue weighted by atomic mass is 31.3. The zero-order valence-corrected chi connectivity index (χ0v) is 21.5. The summed E-state index contributed by atoms with van der Waals surface area (Å²) in [6, 6.07) is -0.0292. The Kier molecular flexibility index (Phi) is 9.32. The van der Waals surface area contributed by atoms with Gasteiger partial charge in [-0.15, -0.1) is 0 Å². The van der Waals surface area contributed by atoms with Crippen LogP contribution in [0.25, 0.3) is 0 Å². The number of likely N-dealkylation sites (N-methyl/N-ethyl adjacent to an activating group) is 1. The Morgan fingerprint density at radius 2 is 1.68 bits per heavy atom. The van der Waals surface area contributed by atoms with Gasteiger partial charge in [0.05, 0.1) is 24.9 Å². The molecule has 2 fully saturated rings. The first-order valence-electron chi connectivity index (χ1n) is 10.7. The largest absolute Gasteiger partial charge is 0.483 e. The van der Waals surface area contributed by atoms with Gasteiger partial charge in [-0.3, -0.25) is 23.4 Å². The Morgan fingerprint density at radius 3 is 2.27 bits per heavy atom. The van der Waals surface area contributed by atoms with Crippen molar-refractivity contribution in [3.05, 3.63) is 33.1 Å². The van der Waals surface area contributed by atoms with Crippen molar-refractivity contribution in [1.29, 1.82) is 0 Å². The number of aromatic nitrogens is 2. The number of phosphoric ester groups is 2. The minimum Gasteiger partial charge on any atom is -0.389 e. The molecule has 0 radical (unpaired) electrons. The van der Waals surface area contributed by atoms with Crippen molar-refractivity contribution in [2.24, 2.45) is 0 Å². The third-order valence-electron chi connectivity index (χ3n) is 5.71. The lowest BCUT2D eigenvalue weighted by Crippen LogP contribution is -2.62. The number of nitrogens with one attached hydrogen (secondary N) is 1. The molecule has 1 aromatic rings. The maximum Gasteiger partial charge on any atom is 0.483 e. The smallest absolute Gasteiger partial charge is 0.389 e. The fraction of sp³-hybridized carbons (Fsp3) is 0.765. The summed E-state index contributed by atoms with van der Waals surface area (Å²) >= 11 is 0. The maximum atomic E-state index is 12.4. The SMILES string of the molecule is CC1OC(OP(=O)(O)OP(=O)(O)OCC2OC(n3ccc(=O)[nH]c3=O)C(O)C2O)C(O)C(N(C)C)C1O. The predicted molar refractivity (Wildman–Crippen MR) is 119 cm³/mol. The molecule has 37 heavy (non-hydrogen) atoms. The van der Waals surface area contributed by atoms with Crippen LogP contribution in [0.1, 0.15) is 13.2 Å². The van der Waals surface area contributed by atoms with Crippen molar-refractivity contribution in [1.82, 2.24) is 14.5 Å². The van der Waals surface area contributed by atoms with Crippen LogP contribution in [0.3, 0.4) is 0 Å². The van der Waals surface area contributed by atoms with Crippen LogP contribution in [0.2, 0.25) is 0 Å². The number of aromatic amines is 1. The Labute approximate surface area is 208 Å². The van der Waals surface area contributed by atoms with Crippen LogP contribution < -0.4 is 11.2 Å². The number of nitrogens with zero attached hydrogens (tertiary/aromatic N) is 2. The van der Waals surface area contributed by atoms with Gasteiger partial charge in [-0.05, 0) is 21.0 Å². The molecule has 0 amide bonds. The van der Waals surface area contributed by atoms with E-state index in [1.165, 1.54) is 25.9 Å². The van der Waals surface area contributed by atoms with E-state index >= 15 is 0 Å². The van der Waals surface area contributed by atoms with E-state index in [1.807, 2.05) is 4.98 Å². The second-order valence-electron chi connectivity index (χ2n) is 8.63. The van der Waals surface area contributed by atoms with Crippen molar-refractivity contribution in [2.45, 2.75) is 62.1 Å². The summed E-state index contributed by atoms with van der Waals surface area (Å²) in [7, 11) is -7.79. The molecule has 0 aromatic carbocycles. The molecule has 7 N–H and O–H groups in total. The van der Waals surface area contributed by atoms with Gasteiger partial charge in [0, 0.05) is 12.3 Å². The van der Waals surface area contributed by atoms with E-state index in [2.05, 4.69) is 8.83 Å². The van der Waals surface area contributed by atoms with Gasteiger partial charge >= 0.3 is 21.3 Å². The summed E-state index contributed by atoms with van der Waals surface area (Å²) in [5.41, 5.74) is -1.69. The number of hydrogen-bond acceptors (Lipinski definition) is 14. The normalized spacial score (nSPS) is 37.8. The van der Waals surface area contributed by atoms with E-state index in [1.54, 1.807) is 0 Å². The van der Waals surface area contributed by atoms with Crippen LogP contribution in [-0.4, -0.2) is 114 Å². The first kappa shape index (κ1) is 30.2. The maximum absolute atomic E-state index is 12.4. The van der Waals surface area contributed by atoms with E-state index in [9.17, 15) is 48.9 Å². The monoisotopic (exact) mass is 577 g/mol. The molecule has 0 bridgehead atoms. The van der Waals surface area contributed by atoms with Gasteiger partial charge < -0.3 is 44.6 Å². The molecule has 212 valence electrons. The van der Waals surface area contributed by atoms with Gasteiger partial charge in [0.15, 0.2) is 12.5 Å². The summed E-state index contributed by atoms with van der Waals surface area (Å²) < 4.78 is 49.4. The Morgan fingerprint density at radius 1 is 1.03 bits per heavy atom. The first-order chi connectivity index (χ1) is 17.0. The molecule has 11 unspecified atom stereocenters. The fourth-order valence-corrected chi connectivity index (χ4v) is 6.07. The Hall–Kier alpha value is -1.34. The van der Waals surface area contributed by atoms with E-state index in [0.29, 0.717) is 0 Å². The average molecular weight is 577 g/mol. The second-order valence-corrected chi connectivity index (χ2v) is 11.6. The van der Waals surface area contributed by atoms with Crippen LogP contribution in [0.4, 0.5) is 0 Å². The van der Waals surface area contributed by atoms with Gasteiger partial charge in [-0.1, -0.05) is 0 Å². The van der Waals surface area contributed by atoms with Crippen molar-refractivity contribution in [2.75, 3.05) is 20.7 Å². The van der Waals surface area contributed by atoms with Crippen molar-refractivity contribution >= 4 is 15.6 Å². The molecule has 3 heterocycles. The molecule has 18 nitrogen and oxygen atoms in total. The molecule has 0 aliphatic carbocycles. The minimum atomic E-state index is -5.44. The summed E-state index contributed by atoms with van der Waals surface area (Å²) in [4.78, 5) is 46.4. The van der Waals surface area contributed by atoms with Crippen molar-refractivity contribution < 1.29 is 62.2 Å². The highest BCUT2D eigenvalue weighted by Crippen LogP contribution is 2.61. The number of aliphatic hydroxyl groups excluding tert-OH is 4. The molecule has 1 aromatic heterocycles. The van der Waals surface area contributed by atoms with Crippen LogP contribution >= 0.6 is 15.6 Å². The van der Waals surface area contributed by atoms with Gasteiger partial charge in [0.1, 0.15) is 24.4 Å². The van der Waals surface area contributed by atoms with Gasteiger partial charge in [-0.2, -0.15) is 4.31 Å². The van der Waals surface area contributed by atoms with E-state index < -0.39 is 88.7 Å². The number of aliphatic hydroxyl groups is 4. The predicted octanol–water partition coefficient (Wildman–Crippen LogP) is -3.20. The molecular formula is C17H29N3O15P2. The zero-order chi connectivity index (χ0) is 27.9. The Bertz CT molecular complexity index is 1160. The number of phosphoric acid groups is 2. The molecule has 11 atom stereocenters. The quantitative estimate of drug-likeness (QED) is 0.143. The summed E-state index contributed by atoms with van der Waals surface area (Å²) in [6.45, 7) is 0.442. The van der Waals surface area contributed by atoms with Crippen molar-refractivity contribution in [3.8, 4) is 0 Å². The van der Waals surface area contributed by atoms with Crippen molar-refractivity contribution in [3.63, 3.8) is 0 Å². The lowest BCUT2D eigenvalue weighted by atomic mass is 9.96. The number of hydrogen-bond donors (Lipinski definition) is 7. The van der Waals surface area contributed by atoms with Crippen LogP contribution in [0.5, 0.6) is 0 Å². The highest BCUT2D eigenvalue weighted by molar-refractivity contribution is 7.61. The third-order valence-corrected chi connectivity index (χ3v) is 8.31. The van der Waals surface area contributed by atoms with Gasteiger partial charge in [-0.25, -0.2) is 13.9 Å². The number of H-pyrrole nitrogens is 1. The van der Waals surface area contributed by atoms with Crippen LogP contribution in [0, 0.1) is 0 Å². The molecule has 0 spiro atoms. The number of rotatable bonds is 9. The summed E-state index contributed by atoms with van der Waals surface area (Å²) in [5, 5.41) is 40.9.